The van der Waals surface area contributed by atoms with Gasteiger partial charge in [0.2, 0.25) is 5.89 Å². The molecule has 0 spiro atoms. The molecular formula is C27H30FN3O6. The SMILES string of the molecule is COc1cc(CN(CC2=NCCO2)Cc2nc(-c3ccccc3)oc2C)cc(F)c1OC(C)(C)C(=O)O. The Morgan fingerprint density at radius 3 is 2.59 bits per heavy atom. The highest BCUT2D eigenvalue weighted by Gasteiger charge is 2.32. The van der Waals surface area contributed by atoms with Gasteiger partial charge in [-0.2, -0.15) is 0 Å². The molecule has 0 bridgehead atoms. The first-order valence-corrected chi connectivity index (χ1v) is 11.9. The maximum absolute atomic E-state index is 15.1. The molecule has 0 aliphatic carbocycles. The van der Waals surface area contributed by atoms with Crippen molar-refractivity contribution >= 4 is 11.9 Å². The summed E-state index contributed by atoms with van der Waals surface area (Å²) in [6.07, 6.45) is 0. The van der Waals surface area contributed by atoms with Crippen molar-refractivity contribution in [1.29, 1.82) is 0 Å². The summed E-state index contributed by atoms with van der Waals surface area (Å²) in [5.41, 5.74) is 0.574. The van der Waals surface area contributed by atoms with Crippen LogP contribution in [0.15, 0.2) is 51.9 Å². The van der Waals surface area contributed by atoms with Gasteiger partial charge in [0.05, 0.1) is 25.9 Å². The Bertz CT molecular complexity index is 1290. The second-order valence-electron chi connectivity index (χ2n) is 9.18. The number of carboxylic acids is 1. The first-order chi connectivity index (χ1) is 17.7. The monoisotopic (exact) mass is 511 g/mol. The molecule has 1 aliphatic heterocycles. The van der Waals surface area contributed by atoms with Crippen molar-refractivity contribution in [3.8, 4) is 23.0 Å². The van der Waals surface area contributed by atoms with Crippen molar-refractivity contribution in [1.82, 2.24) is 9.88 Å². The van der Waals surface area contributed by atoms with Gasteiger partial charge in [0.25, 0.3) is 0 Å². The Hall–Kier alpha value is -3.92. The summed E-state index contributed by atoms with van der Waals surface area (Å²) in [7, 11) is 1.38. The van der Waals surface area contributed by atoms with Crippen LogP contribution in [0.1, 0.15) is 30.9 Å². The molecule has 1 aromatic heterocycles. The number of oxazole rings is 1. The molecule has 10 heteroatoms. The molecule has 0 fully saturated rings. The predicted octanol–water partition coefficient (Wildman–Crippen LogP) is 4.47. The number of carboxylic acid groups (broad SMARTS) is 1. The third kappa shape index (κ3) is 6.26. The second kappa shape index (κ2) is 11.0. The minimum Gasteiger partial charge on any atom is -0.493 e. The van der Waals surface area contributed by atoms with Gasteiger partial charge in [0.1, 0.15) is 12.4 Å². The van der Waals surface area contributed by atoms with E-state index in [2.05, 4.69) is 4.99 Å². The number of benzene rings is 2. The molecular weight excluding hydrogens is 481 g/mol. The predicted molar refractivity (Wildman–Crippen MR) is 134 cm³/mol. The molecule has 2 aromatic carbocycles. The first-order valence-electron chi connectivity index (χ1n) is 11.9. The zero-order chi connectivity index (χ0) is 26.6. The number of nitrogens with zero attached hydrogens (tertiary/aromatic N) is 3. The molecule has 1 aliphatic rings. The summed E-state index contributed by atoms with van der Waals surface area (Å²) in [5.74, 6) is -0.294. The normalized spacial score (nSPS) is 13.4. The molecule has 4 rings (SSSR count). The van der Waals surface area contributed by atoms with Gasteiger partial charge in [-0.25, -0.2) is 14.2 Å². The van der Waals surface area contributed by atoms with Crippen LogP contribution in [0.5, 0.6) is 11.5 Å². The van der Waals surface area contributed by atoms with Gasteiger partial charge < -0.3 is 23.7 Å². The number of halogens is 1. The Labute approximate surface area is 214 Å². The molecule has 1 N–H and O–H groups in total. The number of rotatable bonds is 11. The Morgan fingerprint density at radius 1 is 1.19 bits per heavy atom. The van der Waals surface area contributed by atoms with Gasteiger partial charge in [0.15, 0.2) is 28.8 Å². The van der Waals surface area contributed by atoms with Crippen molar-refractivity contribution < 1.29 is 32.9 Å². The minimum atomic E-state index is -1.64. The van der Waals surface area contributed by atoms with E-state index in [1.807, 2.05) is 42.2 Å². The molecule has 0 saturated carbocycles. The lowest BCUT2D eigenvalue weighted by atomic mass is 10.1. The van der Waals surface area contributed by atoms with Crippen molar-refractivity contribution in [2.75, 3.05) is 26.8 Å². The molecule has 0 unspecified atom stereocenters. The van der Waals surface area contributed by atoms with E-state index >= 15 is 4.39 Å². The van der Waals surface area contributed by atoms with Crippen LogP contribution in [-0.2, 0) is 22.6 Å². The maximum Gasteiger partial charge on any atom is 0.347 e. The van der Waals surface area contributed by atoms with E-state index < -0.39 is 17.4 Å². The Balaban J connectivity index is 1.60. The molecule has 0 amide bonds. The zero-order valence-electron chi connectivity index (χ0n) is 21.3. The molecule has 0 saturated heterocycles. The van der Waals surface area contributed by atoms with Crippen LogP contribution in [0.3, 0.4) is 0 Å². The molecule has 9 nitrogen and oxygen atoms in total. The molecule has 0 radical (unpaired) electrons. The lowest BCUT2D eigenvalue weighted by molar-refractivity contribution is -0.152. The third-order valence-electron chi connectivity index (χ3n) is 5.86. The fourth-order valence-corrected chi connectivity index (χ4v) is 3.85. The average molecular weight is 512 g/mol. The molecule has 196 valence electrons. The van der Waals surface area contributed by atoms with E-state index in [9.17, 15) is 9.90 Å². The summed E-state index contributed by atoms with van der Waals surface area (Å²) in [6, 6.07) is 12.6. The number of ether oxygens (including phenoxy) is 3. The number of aryl methyl sites for hydroxylation is 1. The van der Waals surface area contributed by atoms with Crippen molar-refractivity contribution in [2.24, 2.45) is 4.99 Å². The standard InChI is InChI=1S/C27H30FN3O6/c1-17-21(30-25(36-17)19-8-6-5-7-9-19)15-31(16-23-29-10-11-35-23)14-18-12-20(28)24(22(13-18)34-4)37-27(2,3)26(32)33/h5-9,12-13H,10-11,14-16H2,1-4H3,(H,32,33). The second-order valence-corrected chi connectivity index (χ2v) is 9.18. The van der Waals surface area contributed by atoms with Crippen LogP contribution in [0.25, 0.3) is 11.5 Å². The Kier molecular flexibility index (Phi) is 7.77. The zero-order valence-corrected chi connectivity index (χ0v) is 21.3. The number of methoxy groups -OCH3 is 1. The van der Waals surface area contributed by atoms with Crippen molar-refractivity contribution in [2.45, 2.75) is 39.5 Å². The van der Waals surface area contributed by atoms with Crippen molar-refractivity contribution in [3.63, 3.8) is 0 Å². The number of aromatic nitrogens is 1. The summed E-state index contributed by atoms with van der Waals surface area (Å²) >= 11 is 0. The van der Waals surface area contributed by atoms with Crippen LogP contribution in [0, 0.1) is 12.7 Å². The molecule has 3 aromatic rings. The quantitative estimate of drug-likeness (QED) is 0.402. The van der Waals surface area contributed by atoms with E-state index in [0.717, 1.165) is 11.3 Å². The summed E-state index contributed by atoms with van der Waals surface area (Å²) < 4.78 is 37.5. The van der Waals surface area contributed by atoms with E-state index in [1.165, 1.54) is 27.0 Å². The number of carbonyl (C=O) groups is 1. The third-order valence-corrected chi connectivity index (χ3v) is 5.86. The fraction of sp³-hybridized carbons (Fsp3) is 0.370. The van der Waals surface area contributed by atoms with Gasteiger partial charge in [-0.05, 0) is 50.6 Å². The van der Waals surface area contributed by atoms with Crippen LogP contribution in [0.4, 0.5) is 4.39 Å². The topological polar surface area (TPSA) is 107 Å². The van der Waals surface area contributed by atoms with Crippen LogP contribution < -0.4 is 9.47 Å². The fourth-order valence-electron chi connectivity index (χ4n) is 3.85. The maximum atomic E-state index is 15.1. The first kappa shape index (κ1) is 26.2. The molecule has 2 heterocycles. The van der Waals surface area contributed by atoms with E-state index in [1.54, 1.807) is 6.07 Å². The van der Waals surface area contributed by atoms with Gasteiger partial charge in [0, 0.05) is 18.7 Å². The van der Waals surface area contributed by atoms with Gasteiger partial charge in [-0.15, -0.1) is 0 Å². The van der Waals surface area contributed by atoms with Crippen LogP contribution in [0.2, 0.25) is 0 Å². The highest BCUT2D eigenvalue weighted by molar-refractivity contribution is 5.79. The summed E-state index contributed by atoms with van der Waals surface area (Å²) in [4.78, 5) is 22.6. The smallest absolute Gasteiger partial charge is 0.347 e. The van der Waals surface area contributed by atoms with Crippen LogP contribution in [-0.4, -0.2) is 59.3 Å². The minimum absolute atomic E-state index is 0.0997. The van der Waals surface area contributed by atoms with E-state index in [0.29, 0.717) is 55.9 Å². The number of hydrogen-bond acceptors (Lipinski definition) is 8. The van der Waals surface area contributed by atoms with Gasteiger partial charge in [-0.1, -0.05) is 18.2 Å². The summed E-state index contributed by atoms with van der Waals surface area (Å²) in [5, 5.41) is 9.37. The number of hydrogen-bond donors (Lipinski definition) is 1. The number of aliphatic imine (C=N–C) groups is 1. The highest BCUT2D eigenvalue weighted by atomic mass is 19.1. The average Bonchev–Trinajstić information content (AvgIpc) is 3.50. The Morgan fingerprint density at radius 2 is 1.95 bits per heavy atom. The van der Waals surface area contributed by atoms with Gasteiger partial charge in [-0.3, -0.25) is 9.89 Å². The van der Waals surface area contributed by atoms with Crippen molar-refractivity contribution in [3.05, 3.63) is 65.3 Å². The highest BCUT2D eigenvalue weighted by Crippen LogP contribution is 2.35. The molecule has 37 heavy (non-hydrogen) atoms. The lowest BCUT2D eigenvalue weighted by Crippen LogP contribution is -2.38. The number of aliphatic carboxylic acids is 1. The van der Waals surface area contributed by atoms with Gasteiger partial charge >= 0.3 is 5.97 Å². The van der Waals surface area contributed by atoms with E-state index in [-0.39, 0.29) is 11.5 Å². The lowest BCUT2D eigenvalue weighted by Gasteiger charge is -2.25. The largest absolute Gasteiger partial charge is 0.493 e. The summed E-state index contributed by atoms with van der Waals surface area (Å²) in [6.45, 7) is 6.77. The van der Waals surface area contributed by atoms with Crippen LogP contribution >= 0.6 is 0 Å². The van der Waals surface area contributed by atoms with E-state index in [4.69, 9.17) is 23.6 Å². The molecule has 0 atom stereocenters.